The molecule has 0 spiro atoms. The lowest BCUT2D eigenvalue weighted by Crippen LogP contribution is -2.38. The number of rotatable bonds is 3. The van der Waals surface area contributed by atoms with Crippen LogP contribution in [0, 0.1) is 5.92 Å². The molecule has 1 aliphatic rings. The molecular formula is C16H18N4O3. The van der Waals surface area contributed by atoms with Crippen molar-refractivity contribution in [2.24, 2.45) is 5.92 Å². The van der Waals surface area contributed by atoms with E-state index < -0.39 is 0 Å². The summed E-state index contributed by atoms with van der Waals surface area (Å²) in [5.74, 6) is -0.735. The zero-order chi connectivity index (χ0) is 16.4. The van der Waals surface area contributed by atoms with Crippen LogP contribution in [-0.2, 0) is 9.59 Å². The molecule has 1 fully saturated rings. The molecule has 120 valence electrons. The molecule has 1 saturated heterocycles. The first-order valence-electron chi connectivity index (χ1n) is 7.49. The van der Waals surface area contributed by atoms with Crippen LogP contribution in [0.5, 0.6) is 0 Å². The first-order chi connectivity index (χ1) is 11.1. The number of fused-ring (bicyclic) bond motifs is 1. The van der Waals surface area contributed by atoms with Crippen LogP contribution in [0.1, 0.15) is 23.3 Å². The van der Waals surface area contributed by atoms with Gasteiger partial charge in [0.1, 0.15) is 5.69 Å². The second-order valence-corrected chi connectivity index (χ2v) is 5.59. The Morgan fingerprint density at radius 2 is 2.09 bits per heavy atom. The van der Waals surface area contributed by atoms with Gasteiger partial charge in [0.25, 0.3) is 5.91 Å². The number of hydrogen-bond donors (Lipinski definition) is 4. The number of amides is 3. The van der Waals surface area contributed by atoms with Crippen LogP contribution in [0.4, 0.5) is 5.69 Å². The predicted molar refractivity (Wildman–Crippen MR) is 86.1 cm³/mol. The third kappa shape index (κ3) is 3.18. The Morgan fingerprint density at radius 3 is 2.83 bits per heavy atom. The molecule has 4 N–H and O–H groups in total. The second kappa shape index (κ2) is 6.12. The predicted octanol–water partition coefficient (Wildman–Crippen LogP) is 0.992. The molecule has 7 nitrogen and oxygen atoms in total. The Labute approximate surface area is 132 Å². The Bertz CT molecular complexity index is 781. The van der Waals surface area contributed by atoms with Gasteiger partial charge in [0.2, 0.25) is 11.8 Å². The average molecular weight is 314 g/mol. The number of anilines is 1. The second-order valence-electron chi connectivity index (χ2n) is 5.59. The van der Waals surface area contributed by atoms with Crippen molar-refractivity contribution in [2.45, 2.75) is 12.8 Å². The first-order valence-corrected chi connectivity index (χ1v) is 7.49. The molecule has 1 atom stereocenters. The highest BCUT2D eigenvalue weighted by atomic mass is 16.2. The van der Waals surface area contributed by atoms with Crippen molar-refractivity contribution in [2.75, 3.05) is 18.9 Å². The van der Waals surface area contributed by atoms with Gasteiger partial charge in [0.05, 0.1) is 0 Å². The maximum Gasteiger partial charge on any atom is 0.267 e. The van der Waals surface area contributed by atoms with Crippen molar-refractivity contribution in [1.29, 1.82) is 0 Å². The van der Waals surface area contributed by atoms with E-state index in [1.807, 2.05) is 6.07 Å². The van der Waals surface area contributed by atoms with E-state index in [1.54, 1.807) is 25.2 Å². The summed E-state index contributed by atoms with van der Waals surface area (Å²) < 4.78 is 0. The number of aromatic amines is 1. The standard InChI is InChI=1S/C16H18N4O3/c1-17-16(23)13-7-10-6-11(2-3-12(10)20-13)19-15(22)9-4-5-18-14(21)8-9/h2-3,6-7,9,20H,4-5,8H2,1H3,(H,17,23)(H,18,21)(H,19,22). The van der Waals surface area contributed by atoms with Crippen LogP contribution in [0.25, 0.3) is 10.9 Å². The lowest BCUT2D eigenvalue weighted by atomic mass is 9.96. The lowest BCUT2D eigenvalue weighted by Gasteiger charge is -2.21. The van der Waals surface area contributed by atoms with Crippen molar-refractivity contribution in [3.63, 3.8) is 0 Å². The van der Waals surface area contributed by atoms with Crippen molar-refractivity contribution in [1.82, 2.24) is 15.6 Å². The summed E-state index contributed by atoms with van der Waals surface area (Å²) in [6.45, 7) is 0.531. The minimum Gasteiger partial charge on any atom is -0.356 e. The third-order valence-corrected chi connectivity index (χ3v) is 3.98. The molecule has 1 aromatic heterocycles. The number of H-pyrrole nitrogens is 1. The van der Waals surface area contributed by atoms with E-state index in [4.69, 9.17) is 0 Å². The SMILES string of the molecule is CNC(=O)c1cc2cc(NC(=O)C3CCNC(=O)C3)ccc2[nH]1. The van der Waals surface area contributed by atoms with Gasteiger partial charge in [-0.25, -0.2) is 0 Å². The maximum absolute atomic E-state index is 12.2. The first kappa shape index (κ1) is 15.1. The van der Waals surface area contributed by atoms with Gasteiger partial charge in [-0.05, 0) is 30.7 Å². The largest absolute Gasteiger partial charge is 0.356 e. The fraction of sp³-hybridized carbons (Fsp3) is 0.312. The third-order valence-electron chi connectivity index (χ3n) is 3.98. The molecule has 1 aliphatic heterocycles. The molecule has 23 heavy (non-hydrogen) atoms. The summed E-state index contributed by atoms with van der Waals surface area (Å²) in [5.41, 5.74) is 1.93. The Morgan fingerprint density at radius 1 is 1.26 bits per heavy atom. The summed E-state index contributed by atoms with van der Waals surface area (Å²) in [4.78, 5) is 38.3. The summed E-state index contributed by atoms with van der Waals surface area (Å²) in [5, 5.41) is 8.95. The van der Waals surface area contributed by atoms with E-state index in [9.17, 15) is 14.4 Å². The molecule has 0 radical (unpaired) electrons. The van der Waals surface area contributed by atoms with Crippen molar-refractivity contribution in [3.8, 4) is 0 Å². The van der Waals surface area contributed by atoms with Crippen molar-refractivity contribution >= 4 is 34.3 Å². The van der Waals surface area contributed by atoms with E-state index in [2.05, 4.69) is 20.9 Å². The van der Waals surface area contributed by atoms with Crippen LogP contribution in [0.2, 0.25) is 0 Å². The number of nitrogens with one attached hydrogen (secondary N) is 4. The molecule has 3 rings (SSSR count). The molecule has 0 aliphatic carbocycles. The highest BCUT2D eigenvalue weighted by Crippen LogP contribution is 2.22. The van der Waals surface area contributed by atoms with Gasteiger partial charge in [-0.3, -0.25) is 14.4 Å². The van der Waals surface area contributed by atoms with Gasteiger partial charge in [0, 0.05) is 42.5 Å². The van der Waals surface area contributed by atoms with Crippen LogP contribution in [0.3, 0.4) is 0 Å². The van der Waals surface area contributed by atoms with Gasteiger partial charge in [-0.2, -0.15) is 0 Å². The van der Waals surface area contributed by atoms with E-state index in [0.29, 0.717) is 24.3 Å². The zero-order valence-corrected chi connectivity index (χ0v) is 12.7. The topological polar surface area (TPSA) is 103 Å². The average Bonchev–Trinajstić information content (AvgIpc) is 2.97. The number of piperidine rings is 1. The lowest BCUT2D eigenvalue weighted by molar-refractivity contribution is -0.129. The minimum atomic E-state index is -0.299. The molecule has 0 bridgehead atoms. The van der Waals surface area contributed by atoms with Crippen LogP contribution < -0.4 is 16.0 Å². The highest BCUT2D eigenvalue weighted by Gasteiger charge is 2.25. The van der Waals surface area contributed by atoms with Crippen molar-refractivity contribution < 1.29 is 14.4 Å². The van der Waals surface area contributed by atoms with Crippen LogP contribution >= 0.6 is 0 Å². The van der Waals surface area contributed by atoms with Crippen LogP contribution in [0.15, 0.2) is 24.3 Å². The smallest absolute Gasteiger partial charge is 0.267 e. The molecule has 7 heteroatoms. The normalized spacial score (nSPS) is 17.6. The molecule has 0 saturated carbocycles. The van der Waals surface area contributed by atoms with E-state index in [-0.39, 0.29) is 30.1 Å². The molecule has 3 amide bonds. The van der Waals surface area contributed by atoms with Gasteiger partial charge in [-0.1, -0.05) is 0 Å². The monoisotopic (exact) mass is 314 g/mol. The molecule has 2 aromatic rings. The number of carbonyl (C=O) groups excluding carboxylic acids is 3. The summed E-state index contributed by atoms with van der Waals surface area (Å²) in [6.07, 6.45) is 0.865. The summed E-state index contributed by atoms with van der Waals surface area (Å²) in [6, 6.07) is 7.12. The van der Waals surface area contributed by atoms with Crippen molar-refractivity contribution in [3.05, 3.63) is 30.0 Å². The fourth-order valence-corrected chi connectivity index (χ4v) is 2.72. The Kier molecular flexibility index (Phi) is 4.01. The molecule has 2 heterocycles. The number of hydrogen-bond acceptors (Lipinski definition) is 3. The summed E-state index contributed by atoms with van der Waals surface area (Å²) in [7, 11) is 1.57. The number of carbonyl (C=O) groups is 3. The molecule has 1 aromatic carbocycles. The zero-order valence-electron chi connectivity index (χ0n) is 12.7. The summed E-state index contributed by atoms with van der Waals surface area (Å²) >= 11 is 0. The Hall–Kier alpha value is -2.83. The molecule has 1 unspecified atom stereocenters. The van der Waals surface area contributed by atoms with Gasteiger partial charge >= 0.3 is 0 Å². The minimum absolute atomic E-state index is 0.0901. The van der Waals surface area contributed by atoms with Gasteiger partial charge in [0.15, 0.2) is 0 Å². The maximum atomic E-state index is 12.2. The van der Waals surface area contributed by atoms with Gasteiger partial charge in [-0.15, -0.1) is 0 Å². The fourth-order valence-electron chi connectivity index (χ4n) is 2.72. The highest BCUT2D eigenvalue weighted by molar-refractivity contribution is 6.00. The quantitative estimate of drug-likeness (QED) is 0.679. The molecular weight excluding hydrogens is 296 g/mol. The van der Waals surface area contributed by atoms with E-state index in [1.165, 1.54) is 0 Å². The number of aromatic nitrogens is 1. The van der Waals surface area contributed by atoms with E-state index in [0.717, 1.165) is 10.9 Å². The Balaban J connectivity index is 1.76. The van der Waals surface area contributed by atoms with Crippen LogP contribution in [-0.4, -0.2) is 36.3 Å². The van der Waals surface area contributed by atoms with E-state index >= 15 is 0 Å². The number of benzene rings is 1. The van der Waals surface area contributed by atoms with Gasteiger partial charge < -0.3 is 20.9 Å².